The molecule has 0 fully saturated rings. The summed E-state index contributed by atoms with van der Waals surface area (Å²) in [5, 5.41) is 3.33. The molecular formula is C21H18ClN3O2. The topological polar surface area (TPSA) is 75.4 Å². The van der Waals surface area contributed by atoms with E-state index in [-0.39, 0.29) is 0 Å². The molecule has 5 nitrogen and oxygen atoms in total. The van der Waals surface area contributed by atoms with Gasteiger partial charge in [0.05, 0.1) is 0 Å². The van der Waals surface area contributed by atoms with Crippen LogP contribution in [0.1, 0.15) is 11.6 Å². The van der Waals surface area contributed by atoms with Crippen molar-refractivity contribution >= 4 is 34.9 Å². The third-order valence-electron chi connectivity index (χ3n) is 3.99. The second kappa shape index (κ2) is 8.38. The minimum atomic E-state index is -0.976. The Morgan fingerprint density at radius 2 is 1.41 bits per heavy atom. The van der Waals surface area contributed by atoms with E-state index in [1.807, 2.05) is 24.3 Å². The van der Waals surface area contributed by atoms with Crippen LogP contribution >= 0.6 is 11.6 Å². The molecule has 3 rings (SSSR count). The van der Waals surface area contributed by atoms with E-state index in [0.717, 1.165) is 0 Å². The third kappa shape index (κ3) is 4.46. The van der Waals surface area contributed by atoms with Gasteiger partial charge in [0.15, 0.2) is 0 Å². The van der Waals surface area contributed by atoms with E-state index in [0.29, 0.717) is 22.0 Å². The van der Waals surface area contributed by atoms with E-state index in [1.165, 1.54) is 4.90 Å². The van der Waals surface area contributed by atoms with E-state index in [9.17, 15) is 9.59 Å². The number of nitrogens with two attached hydrogens (primary N) is 1. The Bertz CT molecular complexity index is 915. The van der Waals surface area contributed by atoms with Crippen molar-refractivity contribution in [3.8, 4) is 0 Å². The molecule has 0 saturated carbocycles. The van der Waals surface area contributed by atoms with Gasteiger partial charge >= 0.3 is 6.03 Å². The maximum atomic E-state index is 13.1. The molecule has 0 radical (unpaired) electrons. The Hall–Kier alpha value is -3.31. The number of rotatable bonds is 5. The van der Waals surface area contributed by atoms with Crippen molar-refractivity contribution in [3.63, 3.8) is 0 Å². The van der Waals surface area contributed by atoms with Gasteiger partial charge in [0, 0.05) is 16.4 Å². The quantitative estimate of drug-likeness (QED) is 0.679. The minimum absolute atomic E-state index is 0.476. The molecule has 1 atom stereocenters. The molecule has 0 aliphatic heterocycles. The lowest BCUT2D eigenvalue weighted by Crippen LogP contribution is -2.44. The van der Waals surface area contributed by atoms with Crippen LogP contribution in [0, 0.1) is 0 Å². The zero-order valence-electron chi connectivity index (χ0n) is 14.4. The first kappa shape index (κ1) is 18.5. The number of benzene rings is 3. The number of hydrogen-bond acceptors (Lipinski definition) is 2. The molecule has 3 N–H and O–H groups in total. The molecule has 0 aromatic heterocycles. The number of primary amides is 1. The molecule has 3 amide bonds. The van der Waals surface area contributed by atoms with Crippen LogP contribution < -0.4 is 16.0 Å². The third-order valence-corrected chi connectivity index (χ3v) is 4.24. The standard InChI is InChI=1S/C21H18ClN3O2/c22-16-11-13-18(14-12-16)25(21(27)24-17-9-5-2-6-10-17)19(20(23)26)15-7-3-1-4-8-15/h1-14,19H,(H2,23,26)(H,24,27). The van der Waals surface area contributed by atoms with Gasteiger partial charge in [-0.2, -0.15) is 0 Å². The Balaban J connectivity index is 2.04. The highest BCUT2D eigenvalue weighted by Crippen LogP contribution is 2.29. The fourth-order valence-corrected chi connectivity index (χ4v) is 2.89. The molecule has 1 unspecified atom stereocenters. The van der Waals surface area contributed by atoms with E-state index in [2.05, 4.69) is 5.32 Å². The number of anilines is 2. The van der Waals surface area contributed by atoms with Crippen LogP contribution in [0.15, 0.2) is 84.9 Å². The number of para-hydroxylation sites is 1. The maximum absolute atomic E-state index is 13.1. The normalized spacial score (nSPS) is 11.4. The highest BCUT2D eigenvalue weighted by Gasteiger charge is 2.31. The van der Waals surface area contributed by atoms with Crippen molar-refractivity contribution < 1.29 is 9.59 Å². The fraction of sp³-hybridized carbons (Fsp3) is 0.0476. The number of carbonyl (C=O) groups is 2. The summed E-state index contributed by atoms with van der Waals surface area (Å²) >= 11 is 5.97. The van der Waals surface area contributed by atoms with Gasteiger partial charge in [0.1, 0.15) is 6.04 Å². The van der Waals surface area contributed by atoms with Crippen LogP contribution in [0.4, 0.5) is 16.2 Å². The maximum Gasteiger partial charge on any atom is 0.327 e. The summed E-state index contributed by atoms with van der Waals surface area (Å²) < 4.78 is 0. The number of carbonyl (C=O) groups excluding carboxylic acids is 2. The van der Waals surface area contributed by atoms with Crippen LogP contribution in [0.25, 0.3) is 0 Å². The molecule has 3 aromatic rings. The molecule has 27 heavy (non-hydrogen) atoms. The molecule has 136 valence electrons. The number of hydrogen-bond donors (Lipinski definition) is 2. The molecule has 3 aromatic carbocycles. The summed E-state index contributed by atoms with van der Waals surface area (Å²) in [7, 11) is 0. The second-order valence-electron chi connectivity index (χ2n) is 5.86. The number of amides is 3. The van der Waals surface area contributed by atoms with Crippen LogP contribution in [-0.2, 0) is 4.79 Å². The van der Waals surface area contributed by atoms with Gasteiger partial charge in [-0.15, -0.1) is 0 Å². The Morgan fingerprint density at radius 3 is 1.96 bits per heavy atom. The summed E-state index contributed by atoms with van der Waals surface area (Å²) in [5.74, 6) is -0.639. The molecule has 0 saturated heterocycles. The largest absolute Gasteiger partial charge is 0.368 e. The zero-order valence-corrected chi connectivity index (χ0v) is 15.1. The van der Waals surface area contributed by atoms with Crippen LogP contribution in [0.2, 0.25) is 5.02 Å². The molecular weight excluding hydrogens is 362 g/mol. The molecule has 0 bridgehead atoms. The van der Waals surface area contributed by atoms with E-state index < -0.39 is 18.0 Å². The van der Waals surface area contributed by atoms with Crippen LogP contribution in [0.5, 0.6) is 0 Å². The van der Waals surface area contributed by atoms with Crippen molar-refractivity contribution in [2.75, 3.05) is 10.2 Å². The smallest absolute Gasteiger partial charge is 0.327 e. The second-order valence-corrected chi connectivity index (χ2v) is 6.29. The first-order valence-corrected chi connectivity index (χ1v) is 8.69. The van der Waals surface area contributed by atoms with Gasteiger partial charge < -0.3 is 11.1 Å². The average molecular weight is 380 g/mol. The van der Waals surface area contributed by atoms with Gasteiger partial charge in [-0.25, -0.2) is 4.79 Å². The molecule has 0 spiro atoms. The summed E-state index contributed by atoms with van der Waals surface area (Å²) in [6, 6.07) is 23.1. The molecule has 6 heteroatoms. The van der Waals surface area contributed by atoms with Crippen molar-refractivity contribution in [2.45, 2.75) is 6.04 Å². The lowest BCUT2D eigenvalue weighted by atomic mass is 10.0. The average Bonchev–Trinajstić information content (AvgIpc) is 2.68. The van der Waals surface area contributed by atoms with Gasteiger partial charge in [0.25, 0.3) is 0 Å². The number of halogens is 1. The number of nitrogens with one attached hydrogen (secondary N) is 1. The predicted molar refractivity (Wildman–Crippen MR) is 108 cm³/mol. The highest BCUT2D eigenvalue weighted by atomic mass is 35.5. The SMILES string of the molecule is NC(=O)C(c1ccccc1)N(C(=O)Nc1ccccc1)c1ccc(Cl)cc1. The highest BCUT2D eigenvalue weighted by molar-refractivity contribution is 6.30. The van der Waals surface area contributed by atoms with E-state index in [4.69, 9.17) is 17.3 Å². The summed E-state index contributed by atoms with van der Waals surface area (Å²) in [5.41, 5.74) is 7.40. The Labute approximate surface area is 162 Å². The first-order valence-electron chi connectivity index (χ1n) is 8.31. The fourth-order valence-electron chi connectivity index (χ4n) is 2.77. The van der Waals surface area contributed by atoms with Crippen molar-refractivity contribution in [3.05, 3.63) is 95.5 Å². The Kier molecular flexibility index (Phi) is 5.74. The molecule has 0 aliphatic rings. The lowest BCUT2D eigenvalue weighted by Gasteiger charge is -2.30. The molecule has 0 aliphatic carbocycles. The van der Waals surface area contributed by atoms with Crippen molar-refractivity contribution in [1.29, 1.82) is 0 Å². The van der Waals surface area contributed by atoms with Crippen molar-refractivity contribution in [1.82, 2.24) is 0 Å². The first-order chi connectivity index (χ1) is 13.1. The van der Waals surface area contributed by atoms with Gasteiger partial charge in [-0.1, -0.05) is 60.1 Å². The van der Waals surface area contributed by atoms with Crippen molar-refractivity contribution in [2.24, 2.45) is 5.73 Å². The lowest BCUT2D eigenvalue weighted by molar-refractivity contribution is -0.119. The van der Waals surface area contributed by atoms with E-state index in [1.54, 1.807) is 60.7 Å². The van der Waals surface area contributed by atoms with Crippen LogP contribution in [-0.4, -0.2) is 11.9 Å². The molecule has 0 heterocycles. The van der Waals surface area contributed by atoms with Gasteiger partial charge in [-0.05, 0) is 42.0 Å². The minimum Gasteiger partial charge on any atom is -0.368 e. The summed E-state index contributed by atoms with van der Waals surface area (Å²) in [4.78, 5) is 26.7. The van der Waals surface area contributed by atoms with Gasteiger partial charge in [0.2, 0.25) is 5.91 Å². The van der Waals surface area contributed by atoms with Gasteiger partial charge in [-0.3, -0.25) is 9.69 Å². The number of nitrogens with zero attached hydrogens (tertiary/aromatic N) is 1. The summed E-state index contributed by atoms with van der Waals surface area (Å²) in [6.07, 6.45) is 0. The monoisotopic (exact) mass is 379 g/mol. The van der Waals surface area contributed by atoms with E-state index >= 15 is 0 Å². The predicted octanol–water partition coefficient (Wildman–Crippen LogP) is 4.61. The summed E-state index contributed by atoms with van der Waals surface area (Å²) in [6.45, 7) is 0. The number of urea groups is 1. The zero-order chi connectivity index (χ0) is 19.2. The van der Waals surface area contributed by atoms with Crippen LogP contribution in [0.3, 0.4) is 0 Å². The Morgan fingerprint density at radius 1 is 0.852 bits per heavy atom.